The molecular formula is C22H24N2O4. The van der Waals surface area contributed by atoms with E-state index >= 15 is 0 Å². The van der Waals surface area contributed by atoms with Crippen LogP contribution in [-0.2, 0) is 17.8 Å². The maximum absolute atomic E-state index is 13.0. The average molecular weight is 380 g/mol. The molecule has 6 nitrogen and oxygen atoms in total. The first-order valence-electron chi connectivity index (χ1n) is 9.73. The van der Waals surface area contributed by atoms with Crippen LogP contribution in [0.15, 0.2) is 42.5 Å². The van der Waals surface area contributed by atoms with E-state index in [0.717, 1.165) is 54.8 Å². The van der Waals surface area contributed by atoms with Gasteiger partial charge in [-0.05, 0) is 60.8 Å². The molecule has 0 aromatic heterocycles. The molecule has 2 heterocycles. The number of carbonyl (C=O) groups is 2. The molecule has 0 bridgehead atoms. The molecule has 1 fully saturated rings. The summed E-state index contributed by atoms with van der Waals surface area (Å²) in [5.41, 5.74) is 3.11. The minimum atomic E-state index is -0.935. The molecule has 2 aliphatic rings. The number of carboxylic acids is 1. The normalized spacial score (nSPS) is 18.9. The number of ether oxygens (including phenoxy) is 1. The number of amides is 1. The molecule has 1 amide bonds. The van der Waals surface area contributed by atoms with Crippen molar-refractivity contribution in [3.05, 3.63) is 59.2 Å². The molecule has 0 radical (unpaired) electrons. The third kappa shape index (κ3) is 4.02. The Labute approximate surface area is 164 Å². The summed E-state index contributed by atoms with van der Waals surface area (Å²) in [5, 5.41) is 12.3. The summed E-state index contributed by atoms with van der Waals surface area (Å²) in [6.45, 7) is 2.09. The number of rotatable bonds is 5. The number of hydrogen-bond acceptors (Lipinski definition) is 4. The summed E-state index contributed by atoms with van der Waals surface area (Å²) in [4.78, 5) is 26.3. The van der Waals surface area contributed by atoms with Crippen LogP contribution in [0.2, 0.25) is 0 Å². The van der Waals surface area contributed by atoms with Crippen molar-refractivity contribution in [2.75, 3.05) is 18.5 Å². The molecule has 28 heavy (non-hydrogen) atoms. The average Bonchev–Trinajstić information content (AvgIpc) is 3.16. The summed E-state index contributed by atoms with van der Waals surface area (Å²) >= 11 is 0. The first-order valence-corrected chi connectivity index (χ1v) is 9.73. The lowest BCUT2D eigenvalue weighted by molar-refractivity contribution is -0.122. The lowest BCUT2D eigenvalue weighted by Gasteiger charge is -2.34. The Balaban J connectivity index is 1.46. The molecular weight excluding hydrogens is 356 g/mol. The van der Waals surface area contributed by atoms with Crippen LogP contribution in [0.4, 0.5) is 5.69 Å². The Hall–Kier alpha value is -2.86. The van der Waals surface area contributed by atoms with Gasteiger partial charge in [0.05, 0.1) is 18.2 Å². The Morgan fingerprint density at radius 3 is 2.93 bits per heavy atom. The summed E-state index contributed by atoms with van der Waals surface area (Å²) in [6, 6.07) is 12.5. The zero-order chi connectivity index (χ0) is 19.5. The van der Waals surface area contributed by atoms with Crippen molar-refractivity contribution in [2.45, 2.75) is 38.3 Å². The summed E-state index contributed by atoms with van der Waals surface area (Å²) < 4.78 is 5.52. The number of anilines is 1. The Morgan fingerprint density at radius 2 is 2.07 bits per heavy atom. The minimum absolute atomic E-state index is 0.00652. The van der Waals surface area contributed by atoms with Gasteiger partial charge in [-0.1, -0.05) is 18.6 Å². The number of carbonyl (C=O) groups excluding carboxylic acids is 1. The number of piperidine rings is 1. The van der Waals surface area contributed by atoms with Gasteiger partial charge >= 0.3 is 5.97 Å². The van der Waals surface area contributed by atoms with Gasteiger partial charge in [0.2, 0.25) is 5.91 Å². The smallest absolute Gasteiger partial charge is 0.335 e. The fraction of sp³-hybridized carbons (Fsp3) is 0.364. The maximum Gasteiger partial charge on any atom is 0.335 e. The highest BCUT2D eigenvalue weighted by Gasteiger charge is 2.29. The summed E-state index contributed by atoms with van der Waals surface area (Å²) in [7, 11) is 0. The number of aromatic carboxylic acids is 1. The fourth-order valence-electron chi connectivity index (χ4n) is 4.00. The van der Waals surface area contributed by atoms with E-state index in [1.54, 1.807) is 18.2 Å². The molecule has 0 saturated carbocycles. The number of fused-ring (bicyclic) bond motifs is 1. The molecule has 2 aromatic carbocycles. The first-order chi connectivity index (χ1) is 13.6. The van der Waals surface area contributed by atoms with Crippen LogP contribution in [0, 0.1) is 0 Å². The van der Waals surface area contributed by atoms with Crippen LogP contribution in [0.3, 0.4) is 0 Å². The molecule has 4 rings (SSSR count). The minimum Gasteiger partial charge on any atom is -0.493 e. The highest BCUT2D eigenvalue weighted by molar-refractivity contribution is 5.95. The number of nitrogens with zero attached hydrogens (tertiary/aromatic N) is 1. The van der Waals surface area contributed by atoms with Crippen LogP contribution in [0.1, 0.15) is 40.7 Å². The van der Waals surface area contributed by atoms with E-state index in [-0.39, 0.29) is 17.5 Å². The van der Waals surface area contributed by atoms with E-state index in [9.17, 15) is 14.7 Å². The van der Waals surface area contributed by atoms with Crippen molar-refractivity contribution in [3.8, 4) is 5.75 Å². The molecule has 1 unspecified atom stereocenters. The SMILES string of the molecule is O=C(O)c1cccc(CN2CCCCC2C(=O)Nc2ccc3c(c2)CCO3)c1. The zero-order valence-corrected chi connectivity index (χ0v) is 15.7. The molecule has 1 saturated heterocycles. The van der Waals surface area contributed by atoms with Crippen LogP contribution in [0.5, 0.6) is 5.75 Å². The van der Waals surface area contributed by atoms with Gasteiger partial charge < -0.3 is 15.2 Å². The highest BCUT2D eigenvalue weighted by Crippen LogP contribution is 2.28. The standard InChI is InChI=1S/C22H24N2O4/c25-21(23-18-7-8-20-16(13-18)9-11-28-20)19-6-1-2-10-24(19)14-15-4-3-5-17(12-15)22(26)27/h3-5,7-8,12-13,19H,1-2,6,9-11,14H2,(H,23,25)(H,26,27). The molecule has 0 aliphatic carbocycles. The van der Waals surface area contributed by atoms with Gasteiger partial charge in [-0.3, -0.25) is 9.69 Å². The zero-order valence-electron chi connectivity index (χ0n) is 15.7. The summed E-state index contributed by atoms with van der Waals surface area (Å²) in [5.74, 6) is -0.0427. The predicted octanol–water partition coefficient (Wildman–Crippen LogP) is 3.31. The second-order valence-electron chi connectivity index (χ2n) is 7.40. The lowest BCUT2D eigenvalue weighted by atomic mass is 9.99. The van der Waals surface area contributed by atoms with Crippen molar-refractivity contribution in [1.29, 1.82) is 0 Å². The fourth-order valence-corrected chi connectivity index (χ4v) is 4.00. The quantitative estimate of drug-likeness (QED) is 0.832. The third-order valence-corrected chi connectivity index (χ3v) is 5.43. The van der Waals surface area contributed by atoms with E-state index < -0.39 is 5.97 Å². The van der Waals surface area contributed by atoms with Crippen molar-refractivity contribution >= 4 is 17.6 Å². The van der Waals surface area contributed by atoms with Crippen LogP contribution in [0.25, 0.3) is 0 Å². The number of hydrogen-bond donors (Lipinski definition) is 2. The van der Waals surface area contributed by atoms with Crippen molar-refractivity contribution < 1.29 is 19.4 Å². The topological polar surface area (TPSA) is 78.9 Å². The van der Waals surface area contributed by atoms with Gasteiger partial charge in [0.1, 0.15) is 5.75 Å². The Morgan fingerprint density at radius 1 is 1.18 bits per heavy atom. The Bertz CT molecular complexity index is 896. The number of benzene rings is 2. The van der Waals surface area contributed by atoms with E-state index in [4.69, 9.17) is 4.74 Å². The van der Waals surface area contributed by atoms with E-state index in [2.05, 4.69) is 10.2 Å². The van der Waals surface area contributed by atoms with E-state index in [0.29, 0.717) is 13.2 Å². The molecule has 1 atom stereocenters. The van der Waals surface area contributed by atoms with Gasteiger partial charge in [-0.15, -0.1) is 0 Å². The summed E-state index contributed by atoms with van der Waals surface area (Å²) in [6.07, 6.45) is 3.73. The molecule has 2 N–H and O–H groups in total. The van der Waals surface area contributed by atoms with Gasteiger partial charge in [0, 0.05) is 18.7 Å². The second-order valence-corrected chi connectivity index (χ2v) is 7.40. The number of carboxylic acid groups (broad SMARTS) is 1. The van der Waals surface area contributed by atoms with E-state index in [1.165, 1.54) is 0 Å². The van der Waals surface area contributed by atoms with Crippen molar-refractivity contribution in [3.63, 3.8) is 0 Å². The Kier molecular flexibility index (Phi) is 5.30. The molecule has 6 heteroatoms. The van der Waals surface area contributed by atoms with Crippen molar-refractivity contribution in [2.24, 2.45) is 0 Å². The molecule has 2 aromatic rings. The molecule has 146 valence electrons. The number of nitrogens with one attached hydrogen (secondary N) is 1. The van der Waals surface area contributed by atoms with Gasteiger partial charge in [-0.25, -0.2) is 4.79 Å². The van der Waals surface area contributed by atoms with Gasteiger partial charge in [-0.2, -0.15) is 0 Å². The predicted molar refractivity (Wildman–Crippen MR) is 106 cm³/mol. The van der Waals surface area contributed by atoms with Gasteiger partial charge in [0.15, 0.2) is 0 Å². The maximum atomic E-state index is 13.0. The second kappa shape index (κ2) is 8.02. The van der Waals surface area contributed by atoms with Crippen LogP contribution >= 0.6 is 0 Å². The number of likely N-dealkylation sites (tertiary alicyclic amines) is 1. The van der Waals surface area contributed by atoms with E-state index in [1.807, 2.05) is 24.3 Å². The molecule has 2 aliphatic heterocycles. The largest absolute Gasteiger partial charge is 0.493 e. The van der Waals surface area contributed by atoms with Crippen LogP contribution in [-0.4, -0.2) is 41.1 Å². The van der Waals surface area contributed by atoms with Crippen molar-refractivity contribution in [1.82, 2.24) is 4.90 Å². The molecule has 0 spiro atoms. The monoisotopic (exact) mass is 380 g/mol. The van der Waals surface area contributed by atoms with Gasteiger partial charge in [0.25, 0.3) is 0 Å². The highest BCUT2D eigenvalue weighted by atomic mass is 16.5. The first kappa shape index (κ1) is 18.5. The lowest BCUT2D eigenvalue weighted by Crippen LogP contribution is -2.46. The van der Waals surface area contributed by atoms with Crippen LogP contribution < -0.4 is 10.1 Å². The third-order valence-electron chi connectivity index (χ3n) is 5.43.